The van der Waals surface area contributed by atoms with E-state index in [2.05, 4.69) is 11.2 Å². The van der Waals surface area contributed by atoms with Crippen LogP contribution in [0.15, 0.2) is 30.3 Å². The van der Waals surface area contributed by atoms with Crippen molar-refractivity contribution in [2.45, 2.75) is 32.3 Å². The third-order valence-corrected chi connectivity index (χ3v) is 2.42. The predicted molar refractivity (Wildman–Crippen MR) is 65.6 cm³/mol. The molecule has 0 bridgehead atoms. The molecule has 0 aliphatic carbocycles. The van der Waals surface area contributed by atoms with Gasteiger partial charge in [-0.25, -0.2) is 5.48 Å². The number of nitrogens with one attached hydrogen (secondary N) is 1. The summed E-state index contributed by atoms with van der Waals surface area (Å²) in [6.45, 7) is 1.34. The first-order chi connectivity index (χ1) is 8.33. The number of unbranched alkanes of at least 4 members (excludes halogenated alkanes) is 2. The molecule has 0 fully saturated rings. The van der Waals surface area contributed by atoms with Crippen LogP contribution in [0.5, 0.6) is 0 Å². The zero-order valence-electron chi connectivity index (χ0n) is 10.2. The Balaban J connectivity index is 2.04. The van der Waals surface area contributed by atoms with E-state index >= 15 is 0 Å². The second kappa shape index (κ2) is 8.73. The maximum atomic E-state index is 11.3. The fraction of sp³-hybridized carbons (Fsp3) is 0.462. The highest BCUT2D eigenvalue weighted by molar-refractivity contribution is 5.74. The molecule has 1 amide bonds. The number of carbonyl (C=O) groups excluding carboxylic acids is 1. The number of hydroxylamine groups is 1. The van der Waals surface area contributed by atoms with Gasteiger partial charge in [0.15, 0.2) is 0 Å². The number of quaternary nitrogens is 1. The molecule has 1 aromatic carbocycles. The molecule has 0 heterocycles. The maximum Gasteiger partial charge on any atom is 0.243 e. The molecule has 0 saturated heterocycles. The number of rotatable bonds is 8. The predicted octanol–water partition coefficient (Wildman–Crippen LogP) is 1.04. The minimum atomic E-state index is -0.0509. The maximum absolute atomic E-state index is 11.3. The van der Waals surface area contributed by atoms with Gasteiger partial charge in [-0.3, -0.25) is 9.63 Å². The highest BCUT2D eigenvalue weighted by Crippen LogP contribution is 2.00. The van der Waals surface area contributed by atoms with Gasteiger partial charge in [-0.2, -0.15) is 0 Å². The smallest absolute Gasteiger partial charge is 0.243 e. The number of hydrogen-bond acceptors (Lipinski definition) is 2. The summed E-state index contributed by atoms with van der Waals surface area (Å²) in [4.78, 5) is 16.5. The summed E-state index contributed by atoms with van der Waals surface area (Å²) < 4.78 is 0. The van der Waals surface area contributed by atoms with Gasteiger partial charge in [0.25, 0.3) is 0 Å². The van der Waals surface area contributed by atoms with Crippen LogP contribution in [0.25, 0.3) is 0 Å². The third-order valence-electron chi connectivity index (χ3n) is 2.42. The molecule has 0 saturated carbocycles. The van der Waals surface area contributed by atoms with E-state index in [4.69, 9.17) is 4.84 Å². The van der Waals surface area contributed by atoms with E-state index in [1.54, 1.807) is 0 Å². The Morgan fingerprint density at radius 2 is 1.94 bits per heavy atom. The van der Waals surface area contributed by atoms with Crippen LogP contribution >= 0.6 is 0 Å². The molecule has 4 N–H and O–H groups in total. The van der Waals surface area contributed by atoms with Crippen LogP contribution in [0, 0.1) is 0 Å². The number of hydrogen-bond donors (Lipinski definition) is 2. The molecule has 0 atom stereocenters. The van der Waals surface area contributed by atoms with Crippen LogP contribution in [-0.2, 0) is 16.2 Å². The van der Waals surface area contributed by atoms with Crippen molar-refractivity contribution < 1.29 is 15.4 Å². The SMILES string of the molecule is [NH3+]CCCCCC(=O)NOCc1ccccc1. The van der Waals surface area contributed by atoms with E-state index in [0.717, 1.165) is 31.4 Å². The van der Waals surface area contributed by atoms with Gasteiger partial charge < -0.3 is 5.73 Å². The fourth-order valence-corrected chi connectivity index (χ4v) is 1.46. The fourth-order valence-electron chi connectivity index (χ4n) is 1.46. The zero-order chi connectivity index (χ0) is 12.3. The molecule has 4 heteroatoms. The lowest BCUT2D eigenvalue weighted by atomic mass is 10.2. The molecule has 1 aromatic rings. The van der Waals surface area contributed by atoms with Gasteiger partial charge in [-0.15, -0.1) is 0 Å². The van der Waals surface area contributed by atoms with Gasteiger partial charge in [0, 0.05) is 6.42 Å². The second-order valence-electron chi connectivity index (χ2n) is 3.96. The molecule has 0 aliphatic rings. The molecular weight excluding hydrogens is 216 g/mol. The summed E-state index contributed by atoms with van der Waals surface area (Å²) in [6, 6.07) is 9.75. The van der Waals surface area contributed by atoms with Gasteiger partial charge >= 0.3 is 0 Å². The van der Waals surface area contributed by atoms with Gasteiger partial charge in [0.1, 0.15) is 0 Å². The number of carbonyl (C=O) groups is 1. The van der Waals surface area contributed by atoms with E-state index in [9.17, 15) is 4.79 Å². The largest absolute Gasteiger partial charge is 0.358 e. The van der Waals surface area contributed by atoms with Gasteiger partial charge in [0.2, 0.25) is 5.91 Å². The summed E-state index contributed by atoms with van der Waals surface area (Å²) in [5, 5.41) is 0. The van der Waals surface area contributed by atoms with Crippen LogP contribution in [0.3, 0.4) is 0 Å². The lowest BCUT2D eigenvalue weighted by Crippen LogP contribution is -2.50. The first kappa shape index (κ1) is 13.7. The molecular formula is C13H21N2O2+. The first-order valence-electron chi connectivity index (χ1n) is 6.06. The summed E-state index contributed by atoms with van der Waals surface area (Å²) in [5.74, 6) is -0.0509. The van der Waals surface area contributed by atoms with Crippen molar-refractivity contribution in [2.24, 2.45) is 0 Å². The monoisotopic (exact) mass is 237 g/mol. The molecule has 4 nitrogen and oxygen atoms in total. The van der Waals surface area contributed by atoms with Crippen LogP contribution in [0.4, 0.5) is 0 Å². The van der Waals surface area contributed by atoms with Crippen molar-refractivity contribution in [3.63, 3.8) is 0 Å². The molecule has 1 rings (SSSR count). The highest BCUT2D eigenvalue weighted by Gasteiger charge is 2.01. The van der Waals surface area contributed by atoms with Gasteiger partial charge in [0.05, 0.1) is 13.2 Å². The lowest BCUT2D eigenvalue weighted by molar-refractivity contribution is -0.368. The lowest BCUT2D eigenvalue weighted by Gasteiger charge is -2.05. The molecule has 17 heavy (non-hydrogen) atoms. The normalized spacial score (nSPS) is 10.2. The zero-order valence-corrected chi connectivity index (χ0v) is 10.2. The van der Waals surface area contributed by atoms with Crippen molar-refractivity contribution in [3.8, 4) is 0 Å². The molecule has 94 valence electrons. The van der Waals surface area contributed by atoms with Crippen LogP contribution in [0.2, 0.25) is 0 Å². The van der Waals surface area contributed by atoms with E-state index in [1.165, 1.54) is 0 Å². The molecule has 0 unspecified atom stereocenters. The Labute approximate surface area is 102 Å². The van der Waals surface area contributed by atoms with Crippen LogP contribution in [0.1, 0.15) is 31.2 Å². The van der Waals surface area contributed by atoms with E-state index in [-0.39, 0.29) is 5.91 Å². The van der Waals surface area contributed by atoms with E-state index in [1.807, 2.05) is 30.3 Å². The summed E-state index contributed by atoms with van der Waals surface area (Å²) in [6.07, 6.45) is 3.55. The molecule has 0 radical (unpaired) electrons. The third kappa shape index (κ3) is 6.71. The van der Waals surface area contributed by atoms with Crippen LogP contribution in [-0.4, -0.2) is 12.5 Å². The van der Waals surface area contributed by atoms with Crippen molar-refractivity contribution in [1.29, 1.82) is 0 Å². The second-order valence-corrected chi connectivity index (χ2v) is 3.96. The first-order valence-corrected chi connectivity index (χ1v) is 6.06. The Morgan fingerprint density at radius 3 is 2.65 bits per heavy atom. The Hall–Kier alpha value is -1.39. The van der Waals surface area contributed by atoms with Gasteiger partial charge in [-0.05, 0) is 24.8 Å². The Bertz CT molecular complexity index is 314. The molecule has 0 aromatic heterocycles. The topological polar surface area (TPSA) is 66.0 Å². The highest BCUT2D eigenvalue weighted by atomic mass is 16.6. The Kier molecular flexibility index (Phi) is 7.02. The van der Waals surface area contributed by atoms with Crippen LogP contribution < -0.4 is 11.2 Å². The van der Waals surface area contributed by atoms with Gasteiger partial charge in [-0.1, -0.05) is 30.3 Å². The number of benzene rings is 1. The molecule has 0 aliphatic heterocycles. The average molecular weight is 237 g/mol. The van der Waals surface area contributed by atoms with Crippen molar-refractivity contribution in [1.82, 2.24) is 5.48 Å². The minimum absolute atomic E-state index is 0.0509. The Morgan fingerprint density at radius 1 is 1.18 bits per heavy atom. The quantitative estimate of drug-likeness (QED) is 0.524. The van der Waals surface area contributed by atoms with E-state index in [0.29, 0.717) is 13.0 Å². The number of amides is 1. The average Bonchev–Trinajstić information content (AvgIpc) is 2.36. The van der Waals surface area contributed by atoms with E-state index < -0.39 is 0 Å². The van der Waals surface area contributed by atoms with Crippen molar-refractivity contribution >= 4 is 5.91 Å². The minimum Gasteiger partial charge on any atom is -0.358 e. The van der Waals surface area contributed by atoms with Crippen molar-refractivity contribution in [2.75, 3.05) is 6.54 Å². The summed E-state index contributed by atoms with van der Waals surface area (Å²) in [5.41, 5.74) is 7.26. The standard InChI is InChI=1S/C13H20N2O2/c14-10-6-2-5-9-13(16)15-17-11-12-7-3-1-4-8-12/h1,3-4,7-8H,2,5-6,9-11,14H2,(H,15,16)/p+1. The summed E-state index contributed by atoms with van der Waals surface area (Å²) in [7, 11) is 0. The summed E-state index contributed by atoms with van der Waals surface area (Å²) >= 11 is 0. The van der Waals surface area contributed by atoms with Crippen molar-refractivity contribution in [3.05, 3.63) is 35.9 Å². The molecule has 0 spiro atoms.